The predicted octanol–water partition coefficient (Wildman–Crippen LogP) is 3.92. The summed E-state index contributed by atoms with van der Waals surface area (Å²) < 4.78 is 107. The number of nitrogens with zero attached hydrogens (tertiary/aromatic N) is 2. The van der Waals surface area contributed by atoms with E-state index in [-0.39, 0.29) is 5.69 Å². The van der Waals surface area contributed by atoms with E-state index in [9.17, 15) is 39.9 Å². The van der Waals surface area contributed by atoms with Crippen molar-refractivity contribution in [3.63, 3.8) is 0 Å². The van der Waals surface area contributed by atoms with Gasteiger partial charge in [0.05, 0.1) is 6.57 Å². The van der Waals surface area contributed by atoms with Gasteiger partial charge in [-0.3, -0.25) is 4.57 Å². The Morgan fingerprint density at radius 3 is 2.50 bits per heavy atom. The first-order valence-corrected chi connectivity index (χ1v) is 9.16. The number of sulfone groups is 1. The van der Waals surface area contributed by atoms with Gasteiger partial charge in [0, 0.05) is 23.4 Å². The second-order valence-corrected chi connectivity index (χ2v) is 7.89. The van der Waals surface area contributed by atoms with Gasteiger partial charge < -0.3 is 5.11 Å². The molecule has 3 rings (SSSR count). The van der Waals surface area contributed by atoms with Gasteiger partial charge in [-0.15, -0.1) is 0 Å². The van der Waals surface area contributed by atoms with Crippen molar-refractivity contribution in [1.82, 2.24) is 4.57 Å². The summed E-state index contributed by atoms with van der Waals surface area (Å²) in [7, 11) is -5.70. The van der Waals surface area contributed by atoms with Crippen LogP contribution in [-0.2, 0) is 16.3 Å². The van der Waals surface area contributed by atoms with E-state index in [0.717, 1.165) is 18.2 Å². The van der Waals surface area contributed by atoms with Crippen molar-refractivity contribution in [3.8, 4) is 5.69 Å². The second kappa shape index (κ2) is 6.52. The van der Waals surface area contributed by atoms with Gasteiger partial charge in [0.2, 0.25) is 21.5 Å². The first-order valence-electron chi connectivity index (χ1n) is 7.61. The molecule has 0 saturated carbocycles. The zero-order valence-corrected chi connectivity index (χ0v) is 14.5. The minimum Gasteiger partial charge on any atom is -0.382 e. The van der Waals surface area contributed by atoms with E-state index in [2.05, 4.69) is 4.85 Å². The molecule has 1 aliphatic carbocycles. The summed E-state index contributed by atoms with van der Waals surface area (Å²) in [5, 5.41) is 9.90. The van der Waals surface area contributed by atoms with Crippen LogP contribution in [0, 0.1) is 18.3 Å². The molecule has 0 unspecified atom stereocenters. The first kappa shape index (κ1) is 20.2. The number of aliphatic hydroxyl groups is 1. The predicted molar refractivity (Wildman–Crippen MR) is 83.4 cm³/mol. The van der Waals surface area contributed by atoms with Gasteiger partial charge in [0.15, 0.2) is 0 Å². The van der Waals surface area contributed by atoms with Gasteiger partial charge in [-0.2, -0.15) is 13.2 Å². The molecule has 0 bridgehead atoms. The van der Waals surface area contributed by atoms with E-state index in [0.29, 0.717) is 4.57 Å². The van der Waals surface area contributed by atoms with Crippen molar-refractivity contribution in [3.05, 3.63) is 52.6 Å². The highest BCUT2D eigenvalue weighted by molar-refractivity contribution is 7.91. The van der Waals surface area contributed by atoms with Crippen LogP contribution in [0.4, 0.5) is 32.0 Å². The van der Waals surface area contributed by atoms with Crippen LogP contribution in [-0.4, -0.2) is 29.8 Å². The van der Waals surface area contributed by atoms with Gasteiger partial charge in [0.1, 0.15) is 16.8 Å². The van der Waals surface area contributed by atoms with Crippen molar-refractivity contribution in [2.45, 2.75) is 35.5 Å². The smallest absolute Gasteiger partial charge is 0.341 e. The molecule has 1 heterocycles. The van der Waals surface area contributed by atoms with Crippen molar-refractivity contribution in [2.24, 2.45) is 0 Å². The third-order valence-electron chi connectivity index (χ3n) is 4.41. The Kier molecular flexibility index (Phi) is 4.71. The van der Waals surface area contributed by atoms with Crippen molar-refractivity contribution >= 4 is 15.5 Å². The lowest BCUT2D eigenvalue weighted by Crippen LogP contribution is -2.33. The molecule has 0 saturated heterocycles. The third kappa shape index (κ3) is 2.85. The Hall–Kier alpha value is -2.52. The molecule has 1 aromatic heterocycles. The molecule has 1 aromatic carbocycles. The summed E-state index contributed by atoms with van der Waals surface area (Å²) >= 11 is 0. The van der Waals surface area contributed by atoms with E-state index < -0.39 is 74.1 Å². The fourth-order valence-electron chi connectivity index (χ4n) is 3.10. The highest BCUT2D eigenvalue weighted by atomic mass is 32.2. The Bertz CT molecular complexity index is 1100. The van der Waals surface area contributed by atoms with Gasteiger partial charge in [-0.1, -0.05) is 0 Å². The highest BCUT2D eigenvalue weighted by Crippen LogP contribution is 2.47. The number of benzene rings is 1. The number of hydrogen-bond donors (Lipinski definition) is 1. The van der Waals surface area contributed by atoms with E-state index in [1.165, 1.54) is 0 Å². The minimum atomic E-state index is -5.70. The summed E-state index contributed by atoms with van der Waals surface area (Å²) in [6.07, 6.45) is -4.49. The number of rotatable bonds is 3. The monoisotopic (exact) mass is 424 g/mol. The lowest BCUT2D eigenvalue weighted by molar-refractivity contribution is -0.123. The second-order valence-electron chi connectivity index (χ2n) is 6.03. The fourth-order valence-corrected chi connectivity index (χ4v) is 4.14. The molecular formula is C16H10F6N2O3S. The molecule has 5 nitrogen and oxygen atoms in total. The number of halogens is 6. The van der Waals surface area contributed by atoms with Gasteiger partial charge in [-0.05, 0) is 24.6 Å². The van der Waals surface area contributed by atoms with Gasteiger partial charge >= 0.3 is 5.76 Å². The molecule has 1 atom stereocenters. The average Bonchev–Trinajstić information content (AvgIpc) is 2.92. The molecule has 0 spiro atoms. The number of hydrogen-bond acceptors (Lipinski definition) is 3. The minimum absolute atomic E-state index is 0.339. The Labute approximate surface area is 154 Å². The molecule has 150 valence electrons. The van der Waals surface area contributed by atoms with Crippen molar-refractivity contribution in [1.29, 1.82) is 0 Å². The molecule has 1 N–H and O–H groups in total. The van der Waals surface area contributed by atoms with Crippen LogP contribution >= 0.6 is 0 Å². The number of aromatic nitrogens is 1. The van der Waals surface area contributed by atoms with Crippen LogP contribution in [0.3, 0.4) is 0 Å². The summed E-state index contributed by atoms with van der Waals surface area (Å²) in [5.74, 6) is -10.8. The molecule has 28 heavy (non-hydrogen) atoms. The number of aliphatic hydroxyl groups excluding tert-OH is 1. The molecule has 2 aromatic rings. The number of alkyl halides is 4. The largest absolute Gasteiger partial charge is 0.382 e. The van der Waals surface area contributed by atoms with E-state index in [1.54, 1.807) is 0 Å². The Morgan fingerprint density at radius 1 is 1.29 bits per heavy atom. The standard InChI is InChI=1S/C16H10F6N2O3S/c1-23-9-6-7(2-3-8(9)17)24-10-4-5-16(21,22)13(25)11(10)12(14(24)18)28(26,27)15(19)20/h2-3,6,13,15,25H,4-5H2/t13-/m0/s1. The maximum Gasteiger partial charge on any atom is 0.341 e. The highest BCUT2D eigenvalue weighted by Gasteiger charge is 2.50. The summed E-state index contributed by atoms with van der Waals surface area (Å²) in [6.45, 7) is 6.88. The van der Waals surface area contributed by atoms with Crippen molar-refractivity contribution < 1.29 is 39.9 Å². The number of fused-ring (bicyclic) bond motifs is 1. The first-order chi connectivity index (χ1) is 12.9. The lowest BCUT2D eigenvalue weighted by Gasteiger charge is -2.29. The molecule has 0 radical (unpaired) electrons. The average molecular weight is 424 g/mol. The molecule has 0 amide bonds. The zero-order chi connectivity index (χ0) is 21.0. The van der Waals surface area contributed by atoms with E-state index >= 15 is 0 Å². The van der Waals surface area contributed by atoms with E-state index in [4.69, 9.17) is 6.57 Å². The topological polar surface area (TPSA) is 63.7 Å². The summed E-state index contributed by atoms with van der Waals surface area (Å²) in [5.41, 5.74) is -2.56. The quantitative estimate of drug-likeness (QED) is 0.600. The molecule has 0 fully saturated rings. The van der Waals surface area contributed by atoms with Crippen LogP contribution in [0.2, 0.25) is 0 Å². The van der Waals surface area contributed by atoms with Crippen LogP contribution in [0.25, 0.3) is 10.5 Å². The molecule has 1 aliphatic rings. The third-order valence-corrected chi connectivity index (χ3v) is 5.83. The Balaban J connectivity index is 2.41. The fraction of sp³-hybridized carbons (Fsp3) is 0.312. The summed E-state index contributed by atoms with van der Waals surface area (Å²) in [6, 6.07) is 2.48. The molecule has 0 aliphatic heterocycles. The van der Waals surface area contributed by atoms with Crippen LogP contribution < -0.4 is 0 Å². The lowest BCUT2D eigenvalue weighted by atomic mass is 9.91. The normalized spacial score (nSPS) is 18.8. The maximum atomic E-state index is 15.0. The van der Waals surface area contributed by atoms with Crippen LogP contribution in [0.15, 0.2) is 23.1 Å². The van der Waals surface area contributed by atoms with Gasteiger partial charge in [-0.25, -0.2) is 26.4 Å². The summed E-state index contributed by atoms with van der Waals surface area (Å²) in [4.78, 5) is 1.11. The van der Waals surface area contributed by atoms with Crippen LogP contribution in [0.5, 0.6) is 0 Å². The van der Waals surface area contributed by atoms with Gasteiger partial charge in [0.25, 0.3) is 5.92 Å². The Morgan fingerprint density at radius 2 is 1.93 bits per heavy atom. The van der Waals surface area contributed by atoms with E-state index in [1.807, 2.05) is 0 Å². The molecule has 12 heteroatoms. The van der Waals surface area contributed by atoms with Crippen molar-refractivity contribution in [2.75, 3.05) is 0 Å². The molecular weight excluding hydrogens is 414 g/mol. The zero-order valence-electron chi connectivity index (χ0n) is 13.6. The van der Waals surface area contributed by atoms with Crippen LogP contribution in [0.1, 0.15) is 23.8 Å². The maximum absolute atomic E-state index is 15.0. The SMILES string of the molecule is [C-]#[N+]c1cc(-n2c(F)c(S(=O)(=O)C(F)F)c3c2CCC(F)(F)[C@H]3O)ccc1F.